The molecule has 0 atom stereocenters. The highest BCUT2D eigenvalue weighted by Crippen LogP contribution is 2.13. The summed E-state index contributed by atoms with van der Waals surface area (Å²) < 4.78 is 25.2. The number of alkyl halides is 1. The van der Waals surface area contributed by atoms with Gasteiger partial charge in [0.1, 0.15) is 0 Å². The van der Waals surface area contributed by atoms with Gasteiger partial charge in [-0.05, 0) is 18.1 Å². The SMILES string of the molecule is CCCN(C)S(=O)(=O)c1ccc(CCl)cn1. The molecule has 0 aliphatic carbocycles. The lowest BCUT2D eigenvalue weighted by Crippen LogP contribution is -2.28. The van der Waals surface area contributed by atoms with Gasteiger partial charge in [-0.2, -0.15) is 4.31 Å². The van der Waals surface area contributed by atoms with Crippen molar-refractivity contribution in [2.24, 2.45) is 0 Å². The molecule has 1 aromatic rings. The van der Waals surface area contributed by atoms with Crippen LogP contribution in [0.5, 0.6) is 0 Å². The average molecular weight is 263 g/mol. The van der Waals surface area contributed by atoms with Crippen molar-refractivity contribution < 1.29 is 8.42 Å². The van der Waals surface area contributed by atoms with Crippen molar-refractivity contribution in [2.45, 2.75) is 24.3 Å². The molecule has 0 bridgehead atoms. The second-order valence-electron chi connectivity index (χ2n) is 3.46. The lowest BCUT2D eigenvalue weighted by Gasteiger charge is -2.15. The number of rotatable bonds is 5. The van der Waals surface area contributed by atoms with Gasteiger partial charge in [-0.15, -0.1) is 11.6 Å². The van der Waals surface area contributed by atoms with Gasteiger partial charge in [0.15, 0.2) is 5.03 Å². The first-order valence-electron chi connectivity index (χ1n) is 4.99. The van der Waals surface area contributed by atoms with Crippen LogP contribution in [0.2, 0.25) is 0 Å². The first-order chi connectivity index (χ1) is 7.52. The molecule has 1 rings (SSSR count). The highest BCUT2D eigenvalue weighted by molar-refractivity contribution is 7.89. The van der Waals surface area contributed by atoms with E-state index < -0.39 is 10.0 Å². The summed E-state index contributed by atoms with van der Waals surface area (Å²) in [6.45, 7) is 2.41. The number of hydrogen-bond donors (Lipinski definition) is 0. The summed E-state index contributed by atoms with van der Waals surface area (Å²) in [6, 6.07) is 3.16. The minimum atomic E-state index is -3.45. The van der Waals surface area contributed by atoms with Crippen molar-refractivity contribution in [1.82, 2.24) is 9.29 Å². The molecule has 0 aromatic carbocycles. The van der Waals surface area contributed by atoms with Gasteiger partial charge in [0.2, 0.25) is 0 Å². The zero-order valence-corrected chi connectivity index (χ0v) is 10.9. The lowest BCUT2D eigenvalue weighted by molar-refractivity contribution is 0.465. The monoisotopic (exact) mass is 262 g/mol. The fourth-order valence-corrected chi connectivity index (χ4v) is 2.56. The van der Waals surface area contributed by atoms with Crippen LogP contribution in [0.25, 0.3) is 0 Å². The molecule has 0 amide bonds. The molecule has 1 heterocycles. The molecule has 6 heteroatoms. The maximum atomic E-state index is 12.0. The Morgan fingerprint density at radius 3 is 2.56 bits per heavy atom. The van der Waals surface area contributed by atoms with Crippen LogP contribution in [0.15, 0.2) is 23.4 Å². The predicted molar refractivity (Wildman–Crippen MR) is 63.9 cm³/mol. The van der Waals surface area contributed by atoms with Crippen LogP contribution in [-0.4, -0.2) is 31.3 Å². The Labute approximate surface area is 101 Å². The molecule has 0 fully saturated rings. The molecule has 16 heavy (non-hydrogen) atoms. The second-order valence-corrected chi connectivity index (χ2v) is 5.72. The Balaban J connectivity index is 2.98. The molecule has 0 unspecified atom stereocenters. The standard InChI is InChI=1S/C10H15ClN2O2S/c1-3-6-13(2)16(14,15)10-5-4-9(7-11)8-12-10/h4-5,8H,3,6-7H2,1-2H3. The summed E-state index contributed by atoms with van der Waals surface area (Å²) in [7, 11) is -1.90. The fraction of sp³-hybridized carbons (Fsp3) is 0.500. The molecule has 0 aliphatic rings. The zero-order chi connectivity index (χ0) is 12.2. The number of aromatic nitrogens is 1. The molecule has 0 spiro atoms. The van der Waals surface area contributed by atoms with E-state index in [4.69, 9.17) is 11.6 Å². The van der Waals surface area contributed by atoms with E-state index in [-0.39, 0.29) is 5.03 Å². The van der Waals surface area contributed by atoms with Gasteiger partial charge in [-0.25, -0.2) is 13.4 Å². The second kappa shape index (κ2) is 5.61. The van der Waals surface area contributed by atoms with E-state index in [0.29, 0.717) is 12.4 Å². The number of halogens is 1. The Morgan fingerprint density at radius 1 is 1.44 bits per heavy atom. The van der Waals surface area contributed by atoms with Crippen molar-refractivity contribution in [2.75, 3.05) is 13.6 Å². The normalized spacial score (nSPS) is 12.0. The van der Waals surface area contributed by atoms with E-state index in [0.717, 1.165) is 12.0 Å². The molecule has 0 aliphatic heterocycles. The molecular weight excluding hydrogens is 248 g/mol. The van der Waals surface area contributed by atoms with Crippen molar-refractivity contribution in [1.29, 1.82) is 0 Å². The summed E-state index contributed by atoms with van der Waals surface area (Å²) in [6.07, 6.45) is 2.26. The largest absolute Gasteiger partial charge is 0.260 e. The first-order valence-corrected chi connectivity index (χ1v) is 6.97. The maximum Gasteiger partial charge on any atom is 0.260 e. The topological polar surface area (TPSA) is 50.3 Å². The molecule has 0 saturated carbocycles. The van der Waals surface area contributed by atoms with Gasteiger partial charge in [0.05, 0.1) is 0 Å². The van der Waals surface area contributed by atoms with Crippen molar-refractivity contribution in [3.05, 3.63) is 23.9 Å². The lowest BCUT2D eigenvalue weighted by atomic mass is 10.3. The van der Waals surface area contributed by atoms with Crippen LogP contribution < -0.4 is 0 Å². The van der Waals surface area contributed by atoms with E-state index in [1.165, 1.54) is 16.6 Å². The van der Waals surface area contributed by atoms with Gasteiger partial charge in [0, 0.05) is 25.7 Å². The van der Waals surface area contributed by atoms with Crippen LogP contribution in [0, 0.1) is 0 Å². The Kier molecular flexibility index (Phi) is 4.70. The van der Waals surface area contributed by atoms with Crippen molar-refractivity contribution in [3.63, 3.8) is 0 Å². The maximum absolute atomic E-state index is 12.0. The molecule has 90 valence electrons. The Morgan fingerprint density at radius 2 is 2.12 bits per heavy atom. The minimum absolute atomic E-state index is 0.0670. The van der Waals surface area contributed by atoms with E-state index in [2.05, 4.69) is 4.98 Å². The van der Waals surface area contributed by atoms with Gasteiger partial charge in [-0.3, -0.25) is 0 Å². The predicted octanol–water partition coefficient (Wildman–Crippen LogP) is 1.85. The number of nitrogens with zero attached hydrogens (tertiary/aromatic N) is 2. The average Bonchev–Trinajstić information content (AvgIpc) is 2.29. The summed E-state index contributed by atoms with van der Waals surface area (Å²) in [5.41, 5.74) is 0.804. The van der Waals surface area contributed by atoms with Gasteiger partial charge >= 0.3 is 0 Å². The Hall–Kier alpha value is -0.650. The molecule has 0 saturated heterocycles. The summed E-state index contributed by atoms with van der Waals surface area (Å²) in [4.78, 5) is 3.91. The van der Waals surface area contributed by atoms with Crippen LogP contribution in [0.3, 0.4) is 0 Å². The van der Waals surface area contributed by atoms with E-state index in [9.17, 15) is 8.42 Å². The van der Waals surface area contributed by atoms with Gasteiger partial charge in [-0.1, -0.05) is 13.0 Å². The van der Waals surface area contributed by atoms with E-state index >= 15 is 0 Å². The van der Waals surface area contributed by atoms with Crippen LogP contribution in [0.4, 0.5) is 0 Å². The Bertz CT molecular complexity index is 431. The molecular formula is C10H15ClN2O2S. The molecule has 0 radical (unpaired) electrons. The van der Waals surface area contributed by atoms with Crippen LogP contribution in [0.1, 0.15) is 18.9 Å². The minimum Gasteiger partial charge on any atom is -0.243 e. The van der Waals surface area contributed by atoms with Crippen molar-refractivity contribution >= 4 is 21.6 Å². The number of pyridine rings is 1. The first kappa shape index (κ1) is 13.4. The molecule has 0 N–H and O–H groups in total. The summed E-state index contributed by atoms with van der Waals surface area (Å²) in [5, 5.41) is 0.0670. The highest BCUT2D eigenvalue weighted by atomic mass is 35.5. The van der Waals surface area contributed by atoms with Crippen LogP contribution >= 0.6 is 11.6 Å². The zero-order valence-electron chi connectivity index (χ0n) is 9.35. The third-order valence-electron chi connectivity index (χ3n) is 2.17. The van der Waals surface area contributed by atoms with Crippen LogP contribution in [-0.2, 0) is 15.9 Å². The summed E-state index contributed by atoms with van der Waals surface area (Å²) in [5.74, 6) is 0.331. The number of hydrogen-bond acceptors (Lipinski definition) is 3. The number of sulfonamides is 1. The molecule has 4 nitrogen and oxygen atoms in total. The smallest absolute Gasteiger partial charge is 0.243 e. The summed E-state index contributed by atoms with van der Waals surface area (Å²) >= 11 is 5.61. The van der Waals surface area contributed by atoms with Crippen molar-refractivity contribution in [3.8, 4) is 0 Å². The quantitative estimate of drug-likeness (QED) is 0.761. The highest BCUT2D eigenvalue weighted by Gasteiger charge is 2.20. The van der Waals surface area contributed by atoms with E-state index in [1.807, 2.05) is 6.92 Å². The van der Waals surface area contributed by atoms with Gasteiger partial charge in [0.25, 0.3) is 10.0 Å². The fourth-order valence-electron chi connectivity index (χ4n) is 1.24. The van der Waals surface area contributed by atoms with Gasteiger partial charge < -0.3 is 0 Å². The third-order valence-corrected chi connectivity index (χ3v) is 4.25. The molecule has 1 aromatic heterocycles. The third kappa shape index (κ3) is 2.93. The van der Waals surface area contributed by atoms with E-state index in [1.54, 1.807) is 13.1 Å².